The molecule has 17 heavy (non-hydrogen) atoms. The van der Waals surface area contributed by atoms with Crippen LogP contribution in [0.15, 0.2) is 17.1 Å². The number of rotatable bonds is 1. The third-order valence-corrected chi connectivity index (χ3v) is 3.69. The molecule has 0 radical (unpaired) electrons. The quantitative estimate of drug-likeness (QED) is 0.827. The summed E-state index contributed by atoms with van der Waals surface area (Å²) in [6.07, 6.45) is 2.63. The van der Waals surface area contributed by atoms with Crippen molar-refractivity contribution in [3.05, 3.63) is 22.2 Å². The Morgan fingerprint density at radius 1 is 1.24 bits per heavy atom. The molecule has 0 atom stereocenters. The van der Waals surface area contributed by atoms with Crippen LogP contribution in [0, 0.1) is 5.92 Å². The van der Waals surface area contributed by atoms with Crippen LogP contribution in [-0.2, 0) is 4.79 Å². The molecule has 0 aromatic heterocycles. The highest BCUT2D eigenvalue weighted by Crippen LogP contribution is 2.39. The Labute approximate surface area is 109 Å². The molecule has 0 spiro atoms. The number of nitrogens with one attached hydrogen (secondary N) is 1. The summed E-state index contributed by atoms with van der Waals surface area (Å²) in [4.78, 5) is 16.3. The van der Waals surface area contributed by atoms with Gasteiger partial charge in [0.05, 0.1) is 27.8 Å². The van der Waals surface area contributed by atoms with Crippen molar-refractivity contribution in [2.24, 2.45) is 10.9 Å². The Bertz CT molecular complexity index is 536. The minimum absolute atomic E-state index is 0.0345. The van der Waals surface area contributed by atoms with E-state index in [1.54, 1.807) is 12.1 Å². The molecule has 1 saturated carbocycles. The van der Waals surface area contributed by atoms with Crippen molar-refractivity contribution >= 4 is 46.2 Å². The highest BCUT2D eigenvalue weighted by atomic mass is 35.5. The maximum atomic E-state index is 11.7. The smallest absolute Gasteiger partial charge is 0.230 e. The zero-order chi connectivity index (χ0) is 12.0. The van der Waals surface area contributed by atoms with Gasteiger partial charge in [-0.1, -0.05) is 23.2 Å². The minimum atomic E-state index is -0.0345. The van der Waals surface area contributed by atoms with Crippen LogP contribution in [0.3, 0.4) is 0 Å². The molecular weight excluding hydrogens is 259 g/mol. The molecule has 1 aliphatic heterocycles. The Hall–Kier alpha value is -1.06. The second kappa shape index (κ2) is 4.00. The SMILES string of the molecule is O=C1CC(C2CC2)=Nc2cc(Cl)c(Cl)cc2N1. The molecule has 0 saturated heterocycles. The summed E-state index contributed by atoms with van der Waals surface area (Å²) < 4.78 is 0. The van der Waals surface area contributed by atoms with Crippen LogP contribution in [0.5, 0.6) is 0 Å². The van der Waals surface area contributed by atoms with Gasteiger partial charge >= 0.3 is 0 Å². The molecule has 1 heterocycles. The molecule has 1 fully saturated rings. The molecule has 1 aliphatic carbocycles. The van der Waals surface area contributed by atoms with Crippen molar-refractivity contribution in [2.45, 2.75) is 19.3 Å². The normalized spacial score (nSPS) is 19.2. The van der Waals surface area contributed by atoms with Crippen LogP contribution < -0.4 is 5.32 Å². The first kappa shape index (κ1) is 11.1. The van der Waals surface area contributed by atoms with Gasteiger partial charge in [-0.2, -0.15) is 0 Å². The number of amides is 1. The molecule has 1 N–H and O–H groups in total. The minimum Gasteiger partial charge on any atom is -0.324 e. The molecule has 2 aliphatic rings. The van der Waals surface area contributed by atoms with E-state index in [1.807, 2.05) is 0 Å². The highest BCUT2D eigenvalue weighted by molar-refractivity contribution is 6.42. The first-order valence-electron chi connectivity index (χ1n) is 5.50. The average molecular weight is 269 g/mol. The Morgan fingerprint density at radius 2 is 1.94 bits per heavy atom. The van der Waals surface area contributed by atoms with E-state index in [0.29, 0.717) is 33.8 Å². The number of carbonyl (C=O) groups is 1. The number of halogens is 2. The molecule has 1 amide bonds. The fraction of sp³-hybridized carbons (Fsp3) is 0.333. The van der Waals surface area contributed by atoms with Crippen LogP contribution in [0.4, 0.5) is 11.4 Å². The summed E-state index contributed by atoms with van der Waals surface area (Å²) in [7, 11) is 0. The van der Waals surface area contributed by atoms with E-state index >= 15 is 0 Å². The fourth-order valence-electron chi connectivity index (χ4n) is 1.93. The molecule has 3 nitrogen and oxygen atoms in total. The Balaban J connectivity index is 2.10. The number of carbonyl (C=O) groups excluding carboxylic acids is 1. The number of benzene rings is 1. The summed E-state index contributed by atoms with van der Waals surface area (Å²) in [6, 6.07) is 3.35. The van der Waals surface area contributed by atoms with Gasteiger partial charge in [-0.05, 0) is 30.9 Å². The number of aliphatic imine (C=N–C) groups is 1. The van der Waals surface area contributed by atoms with Crippen LogP contribution in [-0.4, -0.2) is 11.6 Å². The van der Waals surface area contributed by atoms with Crippen molar-refractivity contribution in [3.8, 4) is 0 Å². The summed E-state index contributed by atoms with van der Waals surface area (Å²) in [5.74, 6) is 0.439. The van der Waals surface area contributed by atoms with Gasteiger partial charge in [0, 0.05) is 5.71 Å². The van der Waals surface area contributed by atoms with Crippen molar-refractivity contribution < 1.29 is 4.79 Å². The maximum absolute atomic E-state index is 11.7. The summed E-state index contributed by atoms with van der Waals surface area (Å²) in [5, 5.41) is 3.69. The van der Waals surface area contributed by atoms with Crippen molar-refractivity contribution in [3.63, 3.8) is 0 Å². The van der Waals surface area contributed by atoms with Crippen molar-refractivity contribution in [1.82, 2.24) is 0 Å². The second-order valence-electron chi connectivity index (χ2n) is 4.39. The fourth-order valence-corrected chi connectivity index (χ4v) is 2.26. The molecule has 1 aromatic carbocycles. The molecule has 5 heteroatoms. The number of hydrogen-bond donors (Lipinski definition) is 1. The molecular formula is C12H10Cl2N2O. The van der Waals surface area contributed by atoms with Crippen LogP contribution >= 0.6 is 23.2 Å². The Kier molecular flexibility index (Phi) is 2.60. The summed E-state index contributed by atoms with van der Waals surface area (Å²) >= 11 is 11.9. The third kappa shape index (κ3) is 2.17. The molecule has 1 aromatic rings. The number of fused-ring (bicyclic) bond motifs is 1. The average Bonchev–Trinajstić information content (AvgIpc) is 3.06. The number of hydrogen-bond acceptors (Lipinski definition) is 2. The predicted octanol–water partition coefficient (Wildman–Crippen LogP) is 3.82. The van der Waals surface area contributed by atoms with E-state index in [1.165, 1.54) is 0 Å². The van der Waals surface area contributed by atoms with Crippen molar-refractivity contribution in [1.29, 1.82) is 0 Å². The summed E-state index contributed by atoms with van der Waals surface area (Å²) in [5.41, 5.74) is 2.30. The monoisotopic (exact) mass is 268 g/mol. The first-order chi connectivity index (χ1) is 8.13. The number of nitrogens with zero attached hydrogens (tertiary/aromatic N) is 1. The van der Waals surface area contributed by atoms with Gasteiger partial charge in [0.2, 0.25) is 5.91 Å². The van der Waals surface area contributed by atoms with E-state index in [2.05, 4.69) is 10.3 Å². The van der Waals surface area contributed by atoms with E-state index < -0.39 is 0 Å². The summed E-state index contributed by atoms with van der Waals surface area (Å²) in [6.45, 7) is 0. The zero-order valence-electron chi connectivity index (χ0n) is 8.96. The van der Waals surface area contributed by atoms with Crippen LogP contribution in [0.2, 0.25) is 10.0 Å². The lowest BCUT2D eigenvalue weighted by molar-refractivity contribution is -0.115. The van der Waals surface area contributed by atoms with Gasteiger partial charge in [0.25, 0.3) is 0 Å². The van der Waals surface area contributed by atoms with E-state index in [-0.39, 0.29) is 5.91 Å². The molecule has 88 valence electrons. The van der Waals surface area contributed by atoms with Crippen molar-refractivity contribution in [2.75, 3.05) is 5.32 Å². The topological polar surface area (TPSA) is 41.5 Å². The third-order valence-electron chi connectivity index (χ3n) is 2.97. The Morgan fingerprint density at radius 3 is 2.65 bits per heavy atom. The largest absolute Gasteiger partial charge is 0.324 e. The lowest BCUT2D eigenvalue weighted by Gasteiger charge is -2.06. The highest BCUT2D eigenvalue weighted by Gasteiger charge is 2.30. The second-order valence-corrected chi connectivity index (χ2v) is 5.20. The van der Waals surface area contributed by atoms with E-state index in [0.717, 1.165) is 18.6 Å². The van der Waals surface area contributed by atoms with Gasteiger partial charge in [-0.3, -0.25) is 9.79 Å². The van der Waals surface area contributed by atoms with Gasteiger partial charge in [0.15, 0.2) is 0 Å². The van der Waals surface area contributed by atoms with Gasteiger partial charge in [0.1, 0.15) is 0 Å². The van der Waals surface area contributed by atoms with E-state index in [9.17, 15) is 4.79 Å². The molecule has 0 bridgehead atoms. The lowest BCUT2D eigenvalue weighted by atomic mass is 10.2. The maximum Gasteiger partial charge on any atom is 0.230 e. The zero-order valence-corrected chi connectivity index (χ0v) is 10.5. The number of anilines is 1. The van der Waals surface area contributed by atoms with Gasteiger partial charge < -0.3 is 5.32 Å². The van der Waals surface area contributed by atoms with E-state index in [4.69, 9.17) is 23.2 Å². The van der Waals surface area contributed by atoms with Gasteiger partial charge in [-0.25, -0.2) is 0 Å². The predicted molar refractivity (Wildman–Crippen MR) is 69.5 cm³/mol. The van der Waals surface area contributed by atoms with Crippen LogP contribution in [0.25, 0.3) is 0 Å². The molecule has 3 rings (SSSR count). The molecule has 0 unspecified atom stereocenters. The standard InChI is InChI=1S/C12H10Cl2N2O/c13-7-3-10-11(4-8(7)14)16-12(17)5-9(15-10)6-1-2-6/h3-4,6H,1-2,5H2,(H,16,17). The van der Waals surface area contributed by atoms with Crippen LogP contribution in [0.1, 0.15) is 19.3 Å². The van der Waals surface area contributed by atoms with Gasteiger partial charge in [-0.15, -0.1) is 0 Å². The lowest BCUT2D eigenvalue weighted by Crippen LogP contribution is -2.15. The first-order valence-corrected chi connectivity index (χ1v) is 6.25.